The van der Waals surface area contributed by atoms with Gasteiger partial charge in [0.25, 0.3) is 0 Å². The zero-order chi connectivity index (χ0) is 15.5. The van der Waals surface area contributed by atoms with Gasteiger partial charge in [-0.3, -0.25) is 9.78 Å². The molecule has 0 saturated heterocycles. The maximum Gasteiger partial charge on any atom is 0.307 e. The quantitative estimate of drug-likeness (QED) is 0.799. The van der Waals surface area contributed by atoms with Crippen LogP contribution in [0.2, 0.25) is 0 Å². The molecule has 110 valence electrons. The standard InChI is InChI=1S/C18H15NO3/c1-22-14-7-5-12(6-8-14)18-16-4-2-3-13(11-17(20)21)15(16)9-10-19-18/h2-10H,11H2,1H3,(H,20,21). The largest absolute Gasteiger partial charge is 0.497 e. The molecule has 22 heavy (non-hydrogen) atoms. The molecule has 1 N–H and O–H groups in total. The Morgan fingerprint density at radius 2 is 1.86 bits per heavy atom. The van der Waals surface area contributed by atoms with Gasteiger partial charge in [-0.05, 0) is 41.3 Å². The van der Waals surface area contributed by atoms with E-state index in [0.29, 0.717) is 0 Å². The minimum atomic E-state index is -0.838. The molecule has 0 saturated carbocycles. The Balaban J connectivity index is 2.15. The van der Waals surface area contributed by atoms with E-state index in [1.165, 1.54) is 0 Å². The van der Waals surface area contributed by atoms with E-state index in [9.17, 15) is 4.79 Å². The SMILES string of the molecule is COc1ccc(-c2nccc3c(CC(=O)O)cccc23)cc1. The van der Waals surface area contributed by atoms with Crippen molar-refractivity contribution in [1.29, 1.82) is 0 Å². The highest BCUT2D eigenvalue weighted by atomic mass is 16.5. The molecule has 2 aromatic carbocycles. The van der Waals surface area contributed by atoms with E-state index in [0.717, 1.165) is 33.3 Å². The van der Waals surface area contributed by atoms with Gasteiger partial charge in [0.1, 0.15) is 5.75 Å². The molecule has 0 aliphatic carbocycles. The van der Waals surface area contributed by atoms with Crippen molar-refractivity contribution in [3.63, 3.8) is 0 Å². The molecule has 0 aliphatic heterocycles. The van der Waals surface area contributed by atoms with Crippen LogP contribution >= 0.6 is 0 Å². The molecule has 0 fully saturated rings. The number of carboxylic acids is 1. The van der Waals surface area contributed by atoms with E-state index < -0.39 is 5.97 Å². The number of aromatic nitrogens is 1. The smallest absolute Gasteiger partial charge is 0.307 e. The first-order valence-corrected chi connectivity index (χ1v) is 6.92. The molecule has 0 radical (unpaired) electrons. The summed E-state index contributed by atoms with van der Waals surface area (Å²) in [4.78, 5) is 15.5. The van der Waals surface area contributed by atoms with Crippen LogP contribution in [0.3, 0.4) is 0 Å². The van der Waals surface area contributed by atoms with Gasteiger partial charge in [0, 0.05) is 17.1 Å². The van der Waals surface area contributed by atoms with Crippen LogP contribution in [0.1, 0.15) is 5.56 Å². The number of carbonyl (C=O) groups is 1. The molecule has 0 amide bonds. The average Bonchev–Trinajstić information content (AvgIpc) is 2.54. The maximum absolute atomic E-state index is 11.0. The van der Waals surface area contributed by atoms with Crippen LogP contribution in [-0.4, -0.2) is 23.2 Å². The van der Waals surface area contributed by atoms with E-state index in [1.807, 2.05) is 48.5 Å². The number of aliphatic carboxylic acids is 1. The van der Waals surface area contributed by atoms with Crippen molar-refractivity contribution in [2.45, 2.75) is 6.42 Å². The molecular formula is C18H15NO3. The molecule has 0 aliphatic rings. The monoisotopic (exact) mass is 293 g/mol. The summed E-state index contributed by atoms with van der Waals surface area (Å²) >= 11 is 0. The highest BCUT2D eigenvalue weighted by Gasteiger charge is 2.10. The molecule has 3 aromatic rings. The Morgan fingerprint density at radius 1 is 1.09 bits per heavy atom. The summed E-state index contributed by atoms with van der Waals surface area (Å²) in [5.41, 5.74) is 2.61. The molecule has 0 spiro atoms. The Labute approximate surface area is 128 Å². The van der Waals surface area contributed by atoms with Crippen molar-refractivity contribution < 1.29 is 14.6 Å². The van der Waals surface area contributed by atoms with Crippen molar-refractivity contribution in [2.75, 3.05) is 7.11 Å². The number of methoxy groups -OCH3 is 1. The molecular weight excluding hydrogens is 278 g/mol. The second kappa shape index (κ2) is 5.85. The van der Waals surface area contributed by atoms with Crippen molar-refractivity contribution in [2.24, 2.45) is 0 Å². The summed E-state index contributed by atoms with van der Waals surface area (Å²) in [6.07, 6.45) is 1.72. The van der Waals surface area contributed by atoms with E-state index in [-0.39, 0.29) is 6.42 Å². The van der Waals surface area contributed by atoms with Gasteiger partial charge >= 0.3 is 5.97 Å². The Morgan fingerprint density at radius 3 is 2.55 bits per heavy atom. The third-order valence-corrected chi connectivity index (χ3v) is 3.60. The zero-order valence-corrected chi connectivity index (χ0v) is 12.1. The van der Waals surface area contributed by atoms with Crippen LogP contribution in [0.4, 0.5) is 0 Å². The number of pyridine rings is 1. The average molecular weight is 293 g/mol. The van der Waals surface area contributed by atoms with Gasteiger partial charge in [-0.2, -0.15) is 0 Å². The van der Waals surface area contributed by atoms with E-state index >= 15 is 0 Å². The highest BCUT2D eigenvalue weighted by molar-refractivity contribution is 5.97. The van der Waals surface area contributed by atoms with Crippen LogP contribution < -0.4 is 4.74 Å². The fraction of sp³-hybridized carbons (Fsp3) is 0.111. The topological polar surface area (TPSA) is 59.4 Å². The van der Waals surface area contributed by atoms with Crippen LogP contribution in [0.5, 0.6) is 5.75 Å². The first kappa shape index (κ1) is 14.1. The Kier molecular flexibility index (Phi) is 3.74. The first-order chi connectivity index (χ1) is 10.7. The lowest BCUT2D eigenvalue weighted by molar-refractivity contribution is -0.136. The number of fused-ring (bicyclic) bond motifs is 1. The number of carboxylic acid groups (broad SMARTS) is 1. The van der Waals surface area contributed by atoms with Crippen LogP contribution in [0, 0.1) is 0 Å². The first-order valence-electron chi connectivity index (χ1n) is 6.92. The van der Waals surface area contributed by atoms with Crippen LogP contribution in [-0.2, 0) is 11.2 Å². The van der Waals surface area contributed by atoms with Gasteiger partial charge < -0.3 is 9.84 Å². The summed E-state index contributed by atoms with van der Waals surface area (Å²) in [7, 11) is 1.63. The van der Waals surface area contributed by atoms with Crippen molar-refractivity contribution in [3.05, 3.63) is 60.3 Å². The molecule has 3 rings (SSSR count). The highest BCUT2D eigenvalue weighted by Crippen LogP contribution is 2.29. The third kappa shape index (κ3) is 2.63. The van der Waals surface area contributed by atoms with Crippen molar-refractivity contribution in [3.8, 4) is 17.0 Å². The predicted octanol–water partition coefficient (Wildman–Crippen LogP) is 3.54. The van der Waals surface area contributed by atoms with Crippen LogP contribution in [0.25, 0.3) is 22.0 Å². The van der Waals surface area contributed by atoms with Gasteiger partial charge in [-0.25, -0.2) is 0 Å². The van der Waals surface area contributed by atoms with E-state index in [4.69, 9.17) is 9.84 Å². The fourth-order valence-corrected chi connectivity index (χ4v) is 2.57. The molecule has 4 heteroatoms. The van der Waals surface area contributed by atoms with Gasteiger partial charge in [-0.1, -0.05) is 18.2 Å². The van der Waals surface area contributed by atoms with Gasteiger partial charge in [-0.15, -0.1) is 0 Å². The number of benzene rings is 2. The summed E-state index contributed by atoms with van der Waals surface area (Å²) in [6, 6.07) is 15.2. The molecule has 0 bridgehead atoms. The van der Waals surface area contributed by atoms with Gasteiger partial charge in [0.15, 0.2) is 0 Å². The van der Waals surface area contributed by atoms with Gasteiger partial charge in [0.2, 0.25) is 0 Å². The van der Waals surface area contributed by atoms with E-state index in [1.54, 1.807) is 13.3 Å². The van der Waals surface area contributed by atoms with Crippen molar-refractivity contribution in [1.82, 2.24) is 4.98 Å². The van der Waals surface area contributed by atoms with Crippen LogP contribution in [0.15, 0.2) is 54.7 Å². The normalized spacial score (nSPS) is 10.6. The molecule has 0 unspecified atom stereocenters. The second-order valence-corrected chi connectivity index (χ2v) is 4.97. The zero-order valence-electron chi connectivity index (χ0n) is 12.1. The number of ether oxygens (including phenoxy) is 1. The molecule has 0 atom stereocenters. The number of hydrogen-bond acceptors (Lipinski definition) is 3. The predicted molar refractivity (Wildman–Crippen MR) is 85.1 cm³/mol. The number of rotatable bonds is 4. The molecule has 1 heterocycles. The van der Waals surface area contributed by atoms with Crippen molar-refractivity contribution >= 4 is 16.7 Å². The lowest BCUT2D eigenvalue weighted by atomic mass is 9.99. The minimum Gasteiger partial charge on any atom is -0.497 e. The summed E-state index contributed by atoms with van der Waals surface area (Å²) in [5.74, 6) is -0.0501. The number of hydrogen-bond donors (Lipinski definition) is 1. The lowest BCUT2D eigenvalue weighted by Crippen LogP contribution is -2.01. The van der Waals surface area contributed by atoms with E-state index in [2.05, 4.69) is 4.98 Å². The second-order valence-electron chi connectivity index (χ2n) is 4.97. The molecule has 1 aromatic heterocycles. The maximum atomic E-state index is 11.0. The Hall–Kier alpha value is -2.88. The summed E-state index contributed by atoms with van der Waals surface area (Å²) < 4.78 is 5.17. The Bertz CT molecular complexity index is 825. The summed E-state index contributed by atoms with van der Waals surface area (Å²) in [6.45, 7) is 0. The van der Waals surface area contributed by atoms with Gasteiger partial charge in [0.05, 0.1) is 19.2 Å². The molecule has 4 nitrogen and oxygen atoms in total. The minimum absolute atomic E-state index is 0.00338. The number of nitrogens with zero attached hydrogens (tertiary/aromatic N) is 1. The summed E-state index contributed by atoms with van der Waals surface area (Å²) in [5, 5.41) is 10.9. The fourth-order valence-electron chi connectivity index (χ4n) is 2.57. The lowest BCUT2D eigenvalue weighted by Gasteiger charge is -2.09. The third-order valence-electron chi connectivity index (χ3n) is 3.60.